The molecular formula is C51H45BN2S. The number of anilines is 3. The highest BCUT2D eigenvalue weighted by molar-refractivity contribution is 7.33. The number of para-hydroxylation sites is 2. The van der Waals surface area contributed by atoms with E-state index in [4.69, 9.17) is 0 Å². The maximum atomic E-state index is 2.76. The van der Waals surface area contributed by atoms with Crippen molar-refractivity contribution in [2.45, 2.75) is 83.5 Å². The second-order valence-electron chi connectivity index (χ2n) is 18.9. The molecule has 2 aliphatic heterocycles. The summed E-state index contributed by atoms with van der Waals surface area (Å²) in [6, 6.07) is 45.3. The Morgan fingerprint density at radius 2 is 1.33 bits per heavy atom. The van der Waals surface area contributed by atoms with Gasteiger partial charge in [-0.2, -0.15) is 0 Å². The van der Waals surface area contributed by atoms with E-state index >= 15 is 0 Å². The van der Waals surface area contributed by atoms with Crippen LogP contribution in [0.15, 0.2) is 115 Å². The Morgan fingerprint density at radius 1 is 0.618 bits per heavy atom. The average molecular weight is 729 g/mol. The van der Waals surface area contributed by atoms with Crippen LogP contribution in [0.2, 0.25) is 0 Å². The van der Waals surface area contributed by atoms with E-state index in [1.54, 1.807) is 0 Å². The molecule has 6 aromatic carbocycles. The minimum atomic E-state index is -0.0543. The maximum Gasteiger partial charge on any atom is 0.264 e. The third kappa shape index (κ3) is 4.06. The summed E-state index contributed by atoms with van der Waals surface area (Å²) in [7, 11) is 0. The molecule has 12 rings (SSSR count). The quantitative estimate of drug-likeness (QED) is 0.153. The summed E-state index contributed by atoms with van der Waals surface area (Å²) >= 11 is 2.02. The summed E-state index contributed by atoms with van der Waals surface area (Å²) in [5.41, 5.74) is 19.6. The van der Waals surface area contributed by atoms with Gasteiger partial charge in [0, 0.05) is 53.5 Å². The average Bonchev–Trinajstić information content (AvgIpc) is 3.96. The molecule has 1 saturated carbocycles. The van der Waals surface area contributed by atoms with Gasteiger partial charge in [-0.05, 0) is 98.8 Å². The van der Waals surface area contributed by atoms with Gasteiger partial charge >= 0.3 is 0 Å². The molecule has 4 aliphatic rings. The van der Waals surface area contributed by atoms with Gasteiger partial charge in [0.1, 0.15) is 0 Å². The predicted molar refractivity (Wildman–Crippen MR) is 238 cm³/mol. The Bertz CT molecular complexity index is 2980. The Labute approximate surface area is 328 Å². The minimum absolute atomic E-state index is 0.0339. The number of hydrogen-bond acceptors (Lipinski definition) is 2. The zero-order valence-corrected chi connectivity index (χ0v) is 33.5. The molecule has 2 nitrogen and oxygen atoms in total. The summed E-state index contributed by atoms with van der Waals surface area (Å²) in [5, 5.41) is 4.05. The van der Waals surface area contributed by atoms with E-state index in [0.29, 0.717) is 0 Å². The van der Waals surface area contributed by atoms with Gasteiger partial charge in [-0.1, -0.05) is 133 Å². The van der Waals surface area contributed by atoms with Crippen molar-refractivity contribution in [1.29, 1.82) is 0 Å². The molecule has 4 heteroatoms. The molecule has 1 spiro atoms. The zero-order valence-electron chi connectivity index (χ0n) is 32.7. The molecule has 268 valence electrons. The van der Waals surface area contributed by atoms with Crippen LogP contribution in [-0.4, -0.2) is 11.3 Å². The highest BCUT2D eigenvalue weighted by Crippen LogP contribution is 2.60. The number of hydrogen-bond donors (Lipinski definition) is 0. The van der Waals surface area contributed by atoms with Gasteiger partial charge in [0.25, 0.3) is 6.71 Å². The lowest BCUT2D eigenvalue weighted by atomic mass is 9.36. The Kier molecular flexibility index (Phi) is 6.22. The van der Waals surface area contributed by atoms with E-state index in [0.717, 1.165) is 0 Å². The van der Waals surface area contributed by atoms with Crippen LogP contribution in [0.5, 0.6) is 0 Å². The van der Waals surface area contributed by atoms with Crippen LogP contribution in [0.25, 0.3) is 48.7 Å². The highest BCUT2D eigenvalue weighted by atomic mass is 32.1. The lowest BCUT2D eigenvalue weighted by Gasteiger charge is -2.41. The van der Waals surface area contributed by atoms with E-state index in [1.165, 1.54) is 129 Å². The summed E-state index contributed by atoms with van der Waals surface area (Å²) in [4.78, 5) is 2.76. The summed E-state index contributed by atoms with van der Waals surface area (Å²) in [6.07, 6.45) is 5.04. The van der Waals surface area contributed by atoms with Gasteiger partial charge in [0.15, 0.2) is 0 Å². The lowest BCUT2D eigenvalue weighted by Crippen LogP contribution is -2.59. The van der Waals surface area contributed by atoms with Crippen LogP contribution in [0.3, 0.4) is 0 Å². The van der Waals surface area contributed by atoms with E-state index in [-0.39, 0.29) is 23.0 Å². The van der Waals surface area contributed by atoms with Crippen molar-refractivity contribution in [2.75, 3.05) is 4.90 Å². The van der Waals surface area contributed by atoms with E-state index in [9.17, 15) is 0 Å². The molecular weight excluding hydrogens is 683 g/mol. The van der Waals surface area contributed by atoms with Crippen LogP contribution in [0, 0.1) is 0 Å². The van der Waals surface area contributed by atoms with Gasteiger partial charge in [0.05, 0.1) is 16.9 Å². The van der Waals surface area contributed by atoms with Gasteiger partial charge in [0.2, 0.25) is 0 Å². The number of thiophene rings is 1. The third-order valence-corrected chi connectivity index (χ3v) is 15.0. The summed E-state index contributed by atoms with van der Waals surface area (Å²) in [6.45, 7) is 14.3. The standard InChI is InChI=1S/C51H45BN2S/c1-49(2,3)30-23-24-43-35(27-30)47-48(55-43)52-38-20-13-17-33-32-15-8-10-21-39(32)53(46(33)38)41-28-31(50(4,5)6)29-42(45(41)52)54(47)40-22-14-19-37-44(40)34-16-7-9-18-36(34)51(37)25-11-12-26-51/h7-10,13-24,27-29H,11-12,25-26H2,1-6H3. The Hall–Kier alpha value is -5.06. The van der Waals surface area contributed by atoms with Crippen molar-refractivity contribution in [1.82, 2.24) is 4.57 Å². The predicted octanol–water partition coefficient (Wildman–Crippen LogP) is 12.0. The molecule has 0 radical (unpaired) electrons. The number of nitrogens with zero attached hydrogens (tertiary/aromatic N) is 2. The van der Waals surface area contributed by atoms with E-state index in [1.807, 2.05) is 11.3 Å². The van der Waals surface area contributed by atoms with E-state index < -0.39 is 0 Å². The van der Waals surface area contributed by atoms with Crippen molar-refractivity contribution in [3.8, 4) is 16.8 Å². The second-order valence-corrected chi connectivity index (χ2v) is 19.9. The SMILES string of the molecule is CC(C)(C)c1cc2c3c(c1)-n1c4ccccc4c4cccc(c41)B3c1sc3ccc(C(C)(C)C)cc3c1N2c1cccc2c1-c1ccccc1C21CCCC1. The van der Waals surface area contributed by atoms with Gasteiger partial charge in [-0.15, -0.1) is 11.3 Å². The largest absolute Gasteiger partial charge is 0.310 e. The first kappa shape index (κ1) is 32.2. The molecule has 0 saturated heterocycles. The third-order valence-electron chi connectivity index (χ3n) is 13.8. The fourth-order valence-electron chi connectivity index (χ4n) is 11.2. The van der Waals surface area contributed by atoms with Gasteiger partial charge in [-0.25, -0.2) is 0 Å². The highest BCUT2D eigenvalue weighted by Gasteiger charge is 2.49. The van der Waals surface area contributed by atoms with E-state index in [2.05, 4.69) is 166 Å². The molecule has 55 heavy (non-hydrogen) atoms. The first-order chi connectivity index (χ1) is 26.5. The molecule has 1 fully saturated rings. The lowest BCUT2D eigenvalue weighted by molar-refractivity contribution is 0.550. The van der Waals surface area contributed by atoms with Crippen molar-refractivity contribution in [3.05, 3.63) is 138 Å². The molecule has 0 atom stereocenters. The van der Waals surface area contributed by atoms with Gasteiger partial charge < -0.3 is 9.47 Å². The summed E-state index contributed by atoms with van der Waals surface area (Å²) in [5.74, 6) is 0. The Morgan fingerprint density at radius 3 is 2.15 bits per heavy atom. The molecule has 0 amide bonds. The maximum absolute atomic E-state index is 2.76. The van der Waals surface area contributed by atoms with Crippen molar-refractivity contribution in [2.24, 2.45) is 0 Å². The number of benzene rings is 6. The van der Waals surface area contributed by atoms with Crippen LogP contribution < -0.4 is 20.6 Å². The zero-order chi connectivity index (χ0) is 37.2. The van der Waals surface area contributed by atoms with Crippen molar-refractivity contribution in [3.63, 3.8) is 0 Å². The topological polar surface area (TPSA) is 8.17 Å². The fourth-order valence-corrected chi connectivity index (χ4v) is 12.5. The molecule has 0 bridgehead atoms. The van der Waals surface area contributed by atoms with Crippen molar-refractivity contribution >= 4 is 82.7 Å². The normalized spacial score (nSPS) is 16.3. The number of fused-ring (bicyclic) bond motifs is 14. The monoisotopic (exact) mass is 728 g/mol. The second kappa shape index (κ2) is 10.6. The van der Waals surface area contributed by atoms with Crippen LogP contribution >= 0.6 is 11.3 Å². The van der Waals surface area contributed by atoms with Crippen LogP contribution in [0.1, 0.15) is 89.5 Å². The molecule has 4 heterocycles. The first-order valence-electron chi connectivity index (χ1n) is 20.4. The summed E-state index contributed by atoms with van der Waals surface area (Å²) < 4.78 is 5.45. The molecule has 2 aromatic heterocycles. The minimum Gasteiger partial charge on any atom is -0.310 e. The van der Waals surface area contributed by atoms with Crippen LogP contribution in [-0.2, 0) is 16.2 Å². The number of aromatic nitrogens is 1. The smallest absolute Gasteiger partial charge is 0.264 e. The molecule has 2 aliphatic carbocycles. The van der Waals surface area contributed by atoms with Crippen molar-refractivity contribution < 1.29 is 0 Å². The Balaban J connectivity index is 1.27. The van der Waals surface area contributed by atoms with Crippen LogP contribution in [0.4, 0.5) is 17.1 Å². The van der Waals surface area contributed by atoms with Gasteiger partial charge in [-0.3, -0.25) is 0 Å². The first-order valence-corrected chi connectivity index (χ1v) is 21.2. The molecule has 0 unspecified atom stereocenters. The fraction of sp³-hybridized carbons (Fsp3) is 0.255. The molecule has 8 aromatic rings. The number of rotatable bonds is 1. The molecule has 0 N–H and O–H groups in total.